The predicted molar refractivity (Wildman–Crippen MR) is 121 cm³/mol. The van der Waals surface area contributed by atoms with Crippen molar-refractivity contribution in [1.82, 2.24) is 19.9 Å². The Bertz CT molecular complexity index is 1280. The summed E-state index contributed by atoms with van der Waals surface area (Å²) < 4.78 is 4.93. The number of carbonyl (C=O) groups excluding carboxylic acids is 4. The van der Waals surface area contributed by atoms with Gasteiger partial charge in [0, 0.05) is 36.9 Å². The lowest BCUT2D eigenvalue weighted by Crippen LogP contribution is -2.36. The standard InChI is InChI=1S/C23H21N5O5S/c1-13-11-17(26-33-13)20(30)25-23-24-16-8-10-27(12-18(16)34-23)19(29)7-4-9-28-21(31)14-5-2-3-6-15(14)22(28)32/h2-3,5-6,11H,4,7-10,12H2,1H3,(H,24,25,30). The molecule has 2 aliphatic rings. The second kappa shape index (κ2) is 8.82. The molecule has 5 rings (SSSR count). The van der Waals surface area contributed by atoms with Crippen LogP contribution in [0.4, 0.5) is 5.13 Å². The minimum absolute atomic E-state index is 0.0423. The molecule has 0 bridgehead atoms. The number of hydrogen-bond acceptors (Lipinski definition) is 8. The zero-order valence-electron chi connectivity index (χ0n) is 18.4. The highest BCUT2D eigenvalue weighted by molar-refractivity contribution is 7.15. The number of aromatic nitrogens is 2. The zero-order valence-corrected chi connectivity index (χ0v) is 19.2. The van der Waals surface area contributed by atoms with Gasteiger partial charge >= 0.3 is 0 Å². The molecule has 10 nitrogen and oxygen atoms in total. The largest absolute Gasteiger partial charge is 0.361 e. The van der Waals surface area contributed by atoms with Crippen LogP contribution < -0.4 is 5.32 Å². The van der Waals surface area contributed by atoms with Crippen molar-refractivity contribution in [2.24, 2.45) is 0 Å². The van der Waals surface area contributed by atoms with Crippen LogP contribution >= 0.6 is 11.3 Å². The van der Waals surface area contributed by atoms with Crippen molar-refractivity contribution >= 4 is 40.1 Å². The minimum Gasteiger partial charge on any atom is -0.361 e. The summed E-state index contributed by atoms with van der Waals surface area (Å²) in [5, 5.41) is 6.88. The molecule has 0 radical (unpaired) electrons. The van der Waals surface area contributed by atoms with Crippen molar-refractivity contribution in [2.75, 3.05) is 18.4 Å². The number of carbonyl (C=O) groups is 4. The summed E-state index contributed by atoms with van der Waals surface area (Å²) in [4.78, 5) is 58.3. The average Bonchev–Trinajstić information content (AvgIpc) is 3.51. The van der Waals surface area contributed by atoms with E-state index in [1.54, 1.807) is 42.2 Å². The molecule has 0 spiro atoms. The summed E-state index contributed by atoms with van der Waals surface area (Å²) >= 11 is 1.33. The van der Waals surface area contributed by atoms with Gasteiger partial charge in [-0.3, -0.25) is 29.4 Å². The number of aryl methyl sites for hydroxylation is 1. The molecule has 0 fully saturated rings. The van der Waals surface area contributed by atoms with E-state index >= 15 is 0 Å². The first-order valence-electron chi connectivity index (χ1n) is 10.9. The molecule has 34 heavy (non-hydrogen) atoms. The molecule has 174 valence electrons. The lowest BCUT2D eigenvalue weighted by Gasteiger charge is -2.26. The monoisotopic (exact) mass is 479 g/mol. The van der Waals surface area contributed by atoms with E-state index in [-0.39, 0.29) is 36.4 Å². The summed E-state index contributed by atoms with van der Waals surface area (Å²) in [6, 6.07) is 8.29. The predicted octanol–water partition coefficient (Wildman–Crippen LogP) is 2.65. The van der Waals surface area contributed by atoms with Crippen molar-refractivity contribution in [3.8, 4) is 0 Å². The molecule has 0 unspecified atom stereocenters. The van der Waals surface area contributed by atoms with E-state index < -0.39 is 5.91 Å². The maximum Gasteiger partial charge on any atom is 0.279 e. The van der Waals surface area contributed by atoms with Gasteiger partial charge in [-0.05, 0) is 25.5 Å². The minimum atomic E-state index is -0.399. The summed E-state index contributed by atoms with van der Waals surface area (Å²) in [7, 11) is 0. The van der Waals surface area contributed by atoms with E-state index in [0.717, 1.165) is 10.6 Å². The van der Waals surface area contributed by atoms with Gasteiger partial charge in [0.15, 0.2) is 10.8 Å². The van der Waals surface area contributed by atoms with Crippen LogP contribution in [-0.2, 0) is 17.8 Å². The number of amides is 4. The van der Waals surface area contributed by atoms with Gasteiger partial charge in [-0.15, -0.1) is 0 Å². The maximum absolute atomic E-state index is 12.8. The Balaban J connectivity index is 1.14. The lowest BCUT2D eigenvalue weighted by atomic mass is 10.1. The Hall–Kier alpha value is -3.86. The molecule has 2 aromatic heterocycles. The van der Waals surface area contributed by atoms with Gasteiger partial charge in [-0.1, -0.05) is 28.6 Å². The Kier molecular flexibility index (Phi) is 5.70. The fourth-order valence-electron chi connectivity index (χ4n) is 4.09. The first kappa shape index (κ1) is 22.0. The first-order valence-corrected chi connectivity index (χ1v) is 11.7. The molecule has 0 atom stereocenters. The van der Waals surface area contributed by atoms with Gasteiger partial charge in [0.25, 0.3) is 17.7 Å². The van der Waals surface area contributed by atoms with Crippen LogP contribution in [-0.4, -0.2) is 56.7 Å². The zero-order chi connectivity index (χ0) is 23.8. The highest BCUT2D eigenvalue weighted by Gasteiger charge is 2.34. The van der Waals surface area contributed by atoms with Gasteiger partial charge in [-0.25, -0.2) is 4.98 Å². The number of imide groups is 1. The normalized spacial score (nSPS) is 14.9. The third kappa shape index (κ3) is 4.10. The van der Waals surface area contributed by atoms with Crippen LogP contribution in [0.5, 0.6) is 0 Å². The maximum atomic E-state index is 12.8. The van der Waals surface area contributed by atoms with E-state index in [1.807, 2.05) is 0 Å². The molecule has 1 aromatic carbocycles. The van der Waals surface area contributed by atoms with Crippen molar-refractivity contribution < 1.29 is 23.7 Å². The van der Waals surface area contributed by atoms with E-state index in [9.17, 15) is 19.2 Å². The summed E-state index contributed by atoms with van der Waals surface area (Å²) in [5.41, 5.74) is 1.87. The number of rotatable bonds is 6. The number of anilines is 1. The Morgan fingerprint density at radius 3 is 2.59 bits per heavy atom. The number of nitrogens with one attached hydrogen (secondary N) is 1. The molecular weight excluding hydrogens is 458 g/mol. The summed E-state index contributed by atoms with van der Waals surface area (Å²) in [5.74, 6) is -0.518. The molecule has 4 heterocycles. The van der Waals surface area contributed by atoms with Crippen molar-refractivity contribution in [3.05, 3.63) is 63.5 Å². The third-order valence-corrected chi connectivity index (χ3v) is 6.81. The molecule has 1 N–H and O–H groups in total. The van der Waals surface area contributed by atoms with Gasteiger partial charge in [0.2, 0.25) is 5.91 Å². The summed E-state index contributed by atoms with van der Waals surface area (Å²) in [6.45, 7) is 2.85. The fraction of sp³-hybridized carbons (Fsp3) is 0.304. The average molecular weight is 480 g/mol. The topological polar surface area (TPSA) is 126 Å². The van der Waals surface area contributed by atoms with Gasteiger partial charge in [-0.2, -0.15) is 0 Å². The van der Waals surface area contributed by atoms with E-state index in [1.165, 1.54) is 16.2 Å². The van der Waals surface area contributed by atoms with E-state index in [2.05, 4.69) is 15.5 Å². The number of nitrogens with zero attached hydrogens (tertiary/aromatic N) is 4. The number of benzene rings is 1. The Morgan fingerprint density at radius 2 is 1.91 bits per heavy atom. The van der Waals surface area contributed by atoms with Crippen LogP contribution in [0.1, 0.15) is 60.4 Å². The van der Waals surface area contributed by atoms with Crippen molar-refractivity contribution in [2.45, 2.75) is 32.7 Å². The third-order valence-electron chi connectivity index (χ3n) is 5.82. The molecule has 2 aliphatic heterocycles. The van der Waals surface area contributed by atoms with Crippen LogP contribution in [0.3, 0.4) is 0 Å². The van der Waals surface area contributed by atoms with Gasteiger partial charge in [0.1, 0.15) is 5.76 Å². The van der Waals surface area contributed by atoms with Crippen LogP contribution in [0.2, 0.25) is 0 Å². The molecular formula is C23H21N5O5S. The van der Waals surface area contributed by atoms with Gasteiger partial charge in [0.05, 0.1) is 23.4 Å². The SMILES string of the molecule is Cc1cc(C(=O)Nc2nc3c(s2)CN(C(=O)CCCN2C(=O)c4ccccc4C2=O)CC3)no1. The molecule has 0 aliphatic carbocycles. The highest BCUT2D eigenvalue weighted by atomic mass is 32.1. The molecule has 11 heteroatoms. The van der Waals surface area contributed by atoms with Gasteiger partial charge < -0.3 is 9.42 Å². The number of thiazole rings is 1. The molecule has 3 aromatic rings. The van der Waals surface area contributed by atoms with E-state index in [0.29, 0.717) is 47.9 Å². The second-order valence-corrected chi connectivity index (χ2v) is 9.23. The van der Waals surface area contributed by atoms with Crippen LogP contribution in [0.15, 0.2) is 34.9 Å². The van der Waals surface area contributed by atoms with Crippen molar-refractivity contribution in [1.29, 1.82) is 0 Å². The Morgan fingerprint density at radius 1 is 1.18 bits per heavy atom. The van der Waals surface area contributed by atoms with Crippen LogP contribution in [0.25, 0.3) is 0 Å². The van der Waals surface area contributed by atoms with Crippen molar-refractivity contribution in [3.63, 3.8) is 0 Å². The molecule has 4 amide bonds. The fourth-order valence-corrected chi connectivity index (χ4v) is 5.10. The van der Waals surface area contributed by atoms with E-state index in [4.69, 9.17) is 4.52 Å². The quantitative estimate of drug-likeness (QED) is 0.539. The number of fused-ring (bicyclic) bond motifs is 2. The lowest BCUT2D eigenvalue weighted by molar-refractivity contribution is -0.132. The molecule has 0 saturated heterocycles. The smallest absolute Gasteiger partial charge is 0.279 e. The highest BCUT2D eigenvalue weighted by Crippen LogP contribution is 2.29. The number of hydrogen-bond donors (Lipinski definition) is 1. The second-order valence-electron chi connectivity index (χ2n) is 8.14. The summed E-state index contributed by atoms with van der Waals surface area (Å²) in [6.07, 6.45) is 1.22. The Labute approximate surface area is 198 Å². The van der Waals surface area contributed by atoms with Crippen LogP contribution in [0, 0.1) is 6.92 Å². The molecule has 0 saturated carbocycles. The first-order chi connectivity index (χ1) is 16.4.